The first-order valence-electron chi connectivity index (χ1n) is 8.59. The molecule has 1 aromatic heterocycles. The molecule has 0 bridgehead atoms. The zero-order chi connectivity index (χ0) is 18.2. The third kappa shape index (κ3) is 6.06. The van der Waals surface area contributed by atoms with E-state index in [2.05, 4.69) is 34.4 Å². The number of para-hydroxylation sites is 2. The van der Waals surface area contributed by atoms with E-state index in [1.165, 1.54) is 0 Å². The Morgan fingerprint density at radius 2 is 1.92 bits per heavy atom. The van der Waals surface area contributed by atoms with Gasteiger partial charge in [0.25, 0.3) is 5.91 Å². The van der Waals surface area contributed by atoms with Gasteiger partial charge in [0.15, 0.2) is 0 Å². The standard InChI is InChI=1S/C19H26N4O2/c1-13(2)9-11-20-19-21-12-10-16(23-19)18(24)22-15-7-5-6-8-17(15)25-14(3)4/h5-8,10,12-14H,9,11H2,1-4H3,(H,22,24)(H,20,21,23). The number of amides is 1. The molecule has 1 heterocycles. The molecule has 0 saturated heterocycles. The highest BCUT2D eigenvalue weighted by Gasteiger charge is 2.12. The summed E-state index contributed by atoms with van der Waals surface area (Å²) in [7, 11) is 0. The first-order chi connectivity index (χ1) is 12.0. The Hall–Kier alpha value is -2.63. The first kappa shape index (κ1) is 18.7. The van der Waals surface area contributed by atoms with Crippen molar-refractivity contribution in [2.24, 2.45) is 5.92 Å². The van der Waals surface area contributed by atoms with Crippen LogP contribution in [0.2, 0.25) is 0 Å². The summed E-state index contributed by atoms with van der Waals surface area (Å²) in [5.74, 6) is 1.39. The maximum Gasteiger partial charge on any atom is 0.274 e. The average Bonchev–Trinajstić information content (AvgIpc) is 2.56. The molecule has 0 radical (unpaired) electrons. The smallest absolute Gasteiger partial charge is 0.274 e. The van der Waals surface area contributed by atoms with E-state index in [1.54, 1.807) is 18.3 Å². The predicted molar refractivity (Wildman–Crippen MR) is 100 cm³/mol. The fourth-order valence-electron chi connectivity index (χ4n) is 2.16. The summed E-state index contributed by atoms with van der Waals surface area (Å²) in [4.78, 5) is 20.9. The normalized spacial score (nSPS) is 10.8. The number of rotatable bonds is 8. The molecule has 0 fully saturated rings. The monoisotopic (exact) mass is 342 g/mol. The van der Waals surface area contributed by atoms with Crippen LogP contribution >= 0.6 is 0 Å². The number of nitrogens with one attached hydrogen (secondary N) is 2. The van der Waals surface area contributed by atoms with Crippen molar-refractivity contribution >= 4 is 17.5 Å². The Morgan fingerprint density at radius 3 is 2.64 bits per heavy atom. The molecule has 0 saturated carbocycles. The van der Waals surface area contributed by atoms with E-state index >= 15 is 0 Å². The third-order valence-corrected chi connectivity index (χ3v) is 3.39. The number of hydrogen-bond acceptors (Lipinski definition) is 5. The minimum absolute atomic E-state index is 0.0221. The van der Waals surface area contributed by atoms with Crippen molar-refractivity contribution < 1.29 is 9.53 Å². The van der Waals surface area contributed by atoms with Gasteiger partial charge >= 0.3 is 0 Å². The molecule has 6 nitrogen and oxygen atoms in total. The second-order valence-corrected chi connectivity index (χ2v) is 6.49. The van der Waals surface area contributed by atoms with Crippen molar-refractivity contribution in [1.82, 2.24) is 9.97 Å². The average molecular weight is 342 g/mol. The first-order valence-corrected chi connectivity index (χ1v) is 8.59. The van der Waals surface area contributed by atoms with Crippen LogP contribution in [0.25, 0.3) is 0 Å². The van der Waals surface area contributed by atoms with Gasteiger partial charge in [-0.1, -0.05) is 26.0 Å². The van der Waals surface area contributed by atoms with Crippen molar-refractivity contribution in [3.63, 3.8) is 0 Å². The lowest BCUT2D eigenvalue weighted by Crippen LogP contribution is -2.17. The summed E-state index contributed by atoms with van der Waals surface area (Å²) in [6.45, 7) is 8.97. The second kappa shape index (κ2) is 9.01. The zero-order valence-corrected chi connectivity index (χ0v) is 15.2. The van der Waals surface area contributed by atoms with E-state index in [-0.39, 0.29) is 12.0 Å². The quantitative estimate of drug-likeness (QED) is 0.759. The number of carbonyl (C=O) groups is 1. The number of anilines is 2. The molecule has 0 aliphatic rings. The molecule has 0 aliphatic heterocycles. The van der Waals surface area contributed by atoms with Gasteiger partial charge < -0.3 is 15.4 Å². The van der Waals surface area contributed by atoms with E-state index < -0.39 is 0 Å². The number of aromatic nitrogens is 2. The van der Waals surface area contributed by atoms with Gasteiger partial charge in [0.05, 0.1) is 11.8 Å². The van der Waals surface area contributed by atoms with Crippen molar-refractivity contribution in [1.29, 1.82) is 0 Å². The molecule has 25 heavy (non-hydrogen) atoms. The molecular weight excluding hydrogens is 316 g/mol. The molecule has 2 rings (SSSR count). The van der Waals surface area contributed by atoms with Gasteiger partial charge in [-0.3, -0.25) is 4.79 Å². The van der Waals surface area contributed by atoms with Crippen LogP contribution in [0.1, 0.15) is 44.6 Å². The van der Waals surface area contributed by atoms with Gasteiger partial charge in [0.2, 0.25) is 5.95 Å². The Kier molecular flexibility index (Phi) is 6.74. The molecule has 0 unspecified atom stereocenters. The lowest BCUT2D eigenvalue weighted by atomic mass is 10.1. The Bertz CT molecular complexity index is 701. The fourth-order valence-corrected chi connectivity index (χ4v) is 2.16. The molecule has 2 aromatic rings. The summed E-state index contributed by atoms with van der Waals surface area (Å²) in [6, 6.07) is 8.94. The van der Waals surface area contributed by atoms with Gasteiger partial charge in [-0.05, 0) is 44.4 Å². The molecule has 0 spiro atoms. The van der Waals surface area contributed by atoms with E-state index in [9.17, 15) is 4.79 Å². The maximum atomic E-state index is 12.5. The van der Waals surface area contributed by atoms with Gasteiger partial charge in [-0.25, -0.2) is 9.97 Å². The number of carbonyl (C=O) groups excluding carboxylic acids is 1. The van der Waals surface area contributed by atoms with E-state index in [0.29, 0.717) is 29.0 Å². The molecule has 0 aliphatic carbocycles. The van der Waals surface area contributed by atoms with Gasteiger partial charge in [0.1, 0.15) is 11.4 Å². The second-order valence-electron chi connectivity index (χ2n) is 6.49. The molecule has 1 aromatic carbocycles. The molecule has 2 N–H and O–H groups in total. The van der Waals surface area contributed by atoms with Crippen molar-refractivity contribution in [2.45, 2.75) is 40.2 Å². The molecule has 0 atom stereocenters. The molecule has 1 amide bonds. The summed E-state index contributed by atoms with van der Waals surface area (Å²) >= 11 is 0. The summed E-state index contributed by atoms with van der Waals surface area (Å²) in [6.07, 6.45) is 2.62. The van der Waals surface area contributed by atoms with Crippen molar-refractivity contribution in [3.05, 3.63) is 42.2 Å². The SMILES string of the molecule is CC(C)CCNc1nccc(C(=O)Nc2ccccc2OC(C)C)n1. The van der Waals surface area contributed by atoms with E-state index in [0.717, 1.165) is 13.0 Å². The predicted octanol–water partition coefficient (Wildman–Crippen LogP) is 3.97. The highest BCUT2D eigenvalue weighted by Crippen LogP contribution is 2.25. The number of nitrogens with zero attached hydrogens (tertiary/aromatic N) is 2. The van der Waals surface area contributed by atoms with Gasteiger partial charge in [-0.2, -0.15) is 0 Å². The summed E-state index contributed by atoms with van der Waals surface area (Å²) in [5, 5.41) is 6.00. The largest absolute Gasteiger partial charge is 0.489 e. The Balaban J connectivity index is 2.06. The summed E-state index contributed by atoms with van der Waals surface area (Å²) < 4.78 is 5.72. The molecule has 6 heteroatoms. The van der Waals surface area contributed by atoms with Gasteiger partial charge in [-0.15, -0.1) is 0 Å². The minimum atomic E-state index is -0.297. The fraction of sp³-hybridized carbons (Fsp3) is 0.421. The van der Waals surface area contributed by atoms with Crippen LogP contribution in [0.3, 0.4) is 0 Å². The lowest BCUT2D eigenvalue weighted by molar-refractivity contribution is 0.102. The van der Waals surface area contributed by atoms with E-state index in [1.807, 2.05) is 32.0 Å². The van der Waals surface area contributed by atoms with Crippen LogP contribution in [-0.4, -0.2) is 28.5 Å². The minimum Gasteiger partial charge on any atom is -0.489 e. The van der Waals surface area contributed by atoms with Crippen LogP contribution in [-0.2, 0) is 0 Å². The summed E-state index contributed by atoms with van der Waals surface area (Å²) in [5.41, 5.74) is 0.926. The Labute approximate surface area is 149 Å². The highest BCUT2D eigenvalue weighted by molar-refractivity contribution is 6.03. The third-order valence-electron chi connectivity index (χ3n) is 3.39. The van der Waals surface area contributed by atoms with Crippen LogP contribution in [0.5, 0.6) is 5.75 Å². The number of benzene rings is 1. The topological polar surface area (TPSA) is 76.1 Å². The van der Waals surface area contributed by atoms with Crippen LogP contribution in [0.15, 0.2) is 36.5 Å². The van der Waals surface area contributed by atoms with Crippen molar-refractivity contribution in [3.8, 4) is 5.75 Å². The molecule has 134 valence electrons. The lowest BCUT2D eigenvalue weighted by Gasteiger charge is -2.14. The highest BCUT2D eigenvalue weighted by atomic mass is 16.5. The molecular formula is C19H26N4O2. The maximum absolute atomic E-state index is 12.5. The van der Waals surface area contributed by atoms with Gasteiger partial charge in [0, 0.05) is 12.7 Å². The van der Waals surface area contributed by atoms with Crippen molar-refractivity contribution in [2.75, 3.05) is 17.2 Å². The van der Waals surface area contributed by atoms with Crippen LogP contribution < -0.4 is 15.4 Å². The van der Waals surface area contributed by atoms with Crippen LogP contribution in [0.4, 0.5) is 11.6 Å². The van der Waals surface area contributed by atoms with E-state index in [4.69, 9.17) is 4.74 Å². The van der Waals surface area contributed by atoms with Crippen LogP contribution in [0, 0.1) is 5.92 Å². The number of hydrogen-bond donors (Lipinski definition) is 2. The Morgan fingerprint density at radius 1 is 1.16 bits per heavy atom. The number of ether oxygens (including phenoxy) is 1. The zero-order valence-electron chi connectivity index (χ0n) is 15.2.